The van der Waals surface area contributed by atoms with Gasteiger partial charge in [-0.25, -0.2) is 4.98 Å². The molecule has 0 saturated carbocycles. The fraction of sp³-hybridized carbons (Fsp3) is 0.167. The third-order valence-corrected chi connectivity index (χ3v) is 3.48. The van der Waals surface area contributed by atoms with Crippen molar-refractivity contribution in [1.82, 2.24) is 19.9 Å². The normalized spacial score (nSPS) is 10.3. The van der Waals surface area contributed by atoms with Crippen molar-refractivity contribution in [2.24, 2.45) is 0 Å². The van der Waals surface area contributed by atoms with Crippen LogP contribution in [0.4, 0.5) is 5.95 Å². The van der Waals surface area contributed by atoms with E-state index in [1.807, 2.05) is 6.07 Å². The van der Waals surface area contributed by atoms with Crippen molar-refractivity contribution in [3.05, 3.63) is 54.0 Å². The van der Waals surface area contributed by atoms with Gasteiger partial charge >= 0.3 is 0 Å². The van der Waals surface area contributed by atoms with Crippen molar-refractivity contribution >= 4 is 11.9 Å². The predicted molar refractivity (Wildman–Crippen MR) is 95.3 cm³/mol. The molecule has 0 atom stereocenters. The number of hydrogen-bond acceptors (Lipinski definition) is 7. The summed E-state index contributed by atoms with van der Waals surface area (Å²) < 4.78 is 10.4. The van der Waals surface area contributed by atoms with E-state index in [1.54, 1.807) is 43.5 Å². The lowest BCUT2D eigenvalue weighted by Gasteiger charge is -2.09. The molecule has 0 spiro atoms. The molecule has 0 aliphatic heterocycles. The number of aryl methyl sites for hydroxylation is 1. The Bertz CT molecular complexity index is 909. The van der Waals surface area contributed by atoms with Crippen LogP contribution in [0.3, 0.4) is 0 Å². The highest BCUT2D eigenvalue weighted by Crippen LogP contribution is 2.23. The van der Waals surface area contributed by atoms with Crippen molar-refractivity contribution < 1.29 is 14.3 Å². The van der Waals surface area contributed by atoms with Gasteiger partial charge in [0, 0.05) is 17.8 Å². The molecule has 0 radical (unpaired) electrons. The first-order chi connectivity index (χ1) is 12.6. The van der Waals surface area contributed by atoms with Gasteiger partial charge in [0.25, 0.3) is 5.91 Å². The monoisotopic (exact) mass is 351 g/mol. The van der Waals surface area contributed by atoms with Crippen molar-refractivity contribution in [1.29, 1.82) is 0 Å². The number of carbonyl (C=O) groups excluding carboxylic acids is 1. The van der Waals surface area contributed by atoms with Gasteiger partial charge in [0.2, 0.25) is 5.95 Å². The molecule has 1 aromatic carbocycles. The molecule has 0 aliphatic carbocycles. The third-order valence-electron chi connectivity index (χ3n) is 3.48. The van der Waals surface area contributed by atoms with Gasteiger partial charge in [0.05, 0.1) is 14.2 Å². The summed E-state index contributed by atoms with van der Waals surface area (Å²) in [6, 6.07) is 10.3. The van der Waals surface area contributed by atoms with Crippen LogP contribution in [-0.2, 0) is 0 Å². The first-order valence-electron chi connectivity index (χ1n) is 7.77. The quantitative estimate of drug-likeness (QED) is 0.754. The number of amides is 1. The van der Waals surface area contributed by atoms with Crippen molar-refractivity contribution in [2.75, 3.05) is 19.5 Å². The summed E-state index contributed by atoms with van der Waals surface area (Å²) in [6.45, 7) is 1.72. The number of rotatable bonds is 5. The first kappa shape index (κ1) is 17.3. The van der Waals surface area contributed by atoms with Gasteiger partial charge in [-0.05, 0) is 31.2 Å². The number of pyridine rings is 1. The maximum atomic E-state index is 12.6. The molecule has 2 aromatic heterocycles. The predicted octanol–water partition coefficient (Wildman–Crippen LogP) is 2.51. The second-order valence-corrected chi connectivity index (χ2v) is 5.30. The van der Waals surface area contributed by atoms with Gasteiger partial charge in [0.15, 0.2) is 5.82 Å². The van der Waals surface area contributed by atoms with Crippen LogP contribution in [0.1, 0.15) is 16.2 Å². The van der Waals surface area contributed by atoms with E-state index in [-0.39, 0.29) is 11.9 Å². The highest BCUT2D eigenvalue weighted by Gasteiger charge is 2.14. The van der Waals surface area contributed by atoms with E-state index in [4.69, 9.17) is 9.47 Å². The summed E-state index contributed by atoms with van der Waals surface area (Å²) >= 11 is 0. The van der Waals surface area contributed by atoms with Gasteiger partial charge in [0.1, 0.15) is 23.0 Å². The molecule has 132 valence electrons. The molecule has 3 rings (SSSR count). The zero-order valence-electron chi connectivity index (χ0n) is 14.6. The Kier molecular flexibility index (Phi) is 5.02. The Hall–Kier alpha value is -3.55. The molecular weight excluding hydrogens is 334 g/mol. The average molecular weight is 351 g/mol. The summed E-state index contributed by atoms with van der Waals surface area (Å²) in [5.41, 5.74) is 0.954. The number of methoxy groups -OCH3 is 2. The standard InChI is InChI=1S/C18H17N5O3/c1-11-20-16(15-6-4-5-7-19-15)22-18(21-11)23-17(24)12-8-13(25-2)10-14(9-12)26-3/h4-10H,1-3H3,(H,20,21,22,23,24). The Morgan fingerprint density at radius 2 is 1.73 bits per heavy atom. The summed E-state index contributed by atoms with van der Waals surface area (Å²) in [5, 5.41) is 2.67. The minimum atomic E-state index is -0.389. The molecule has 26 heavy (non-hydrogen) atoms. The van der Waals surface area contributed by atoms with Crippen LogP contribution in [0.5, 0.6) is 11.5 Å². The largest absolute Gasteiger partial charge is 0.497 e. The van der Waals surface area contributed by atoms with Crippen LogP contribution in [0.2, 0.25) is 0 Å². The Morgan fingerprint density at radius 3 is 2.35 bits per heavy atom. The Balaban J connectivity index is 1.89. The van der Waals surface area contributed by atoms with Crippen LogP contribution < -0.4 is 14.8 Å². The molecule has 0 aliphatic rings. The topological polar surface area (TPSA) is 99.1 Å². The summed E-state index contributed by atoms with van der Waals surface area (Å²) in [6.07, 6.45) is 1.65. The van der Waals surface area contributed by atoms with Gasteiger partial charge < -0.3 is 9.47 Å². The van der Waals surface area contributed by atoms with Crippen molar-refractivity contribution in [3.8, 4) is 23.0 Å². The molecule has 1 N–H and O–H groups in total. The lowest BCUT2D eigenvalue weighted by molar-refractivity contribution is 0.102. The van der Waals surface area contributed by atoms with Crippen LogP contribution in [-0.4, -0.2) is 40.1 Å². The van der Waals surface area contributed by atoms with Gasteiger partial charge in [-0.2, -0.15) is 9.97 Å². The number of carbonyl (C=O) groups is 1. The van der Waals surface area contributed by atoms with E-state index in [0.29, 0.717) is 34.4 Å². The molecule has 8 heteroatoms. The lowest BCUT2D eigenvalue weighted by atomic mass is 10.2. The number of ether oxygens (including phenoxy) is 2. The number of benzene rings is 1. The summed E-state index contributed by atoms with van der Waals surface area (Å²) in [5.74, 6) is 1.63. The van der Waals surface area contributed by atoms with Crippen molar-refractivity contribution in [2.45, 2.75) is 6.92 Å². The lowest BCUT2D eigenvalue weighted by Crippen LogP contribution is -2.16. The molecule has 3 aromatic rings. The average Bonchev–Trinajstić information content (AvgIpc) is 2.67. The van der Waals surface area contributed by atoms with Crippen LogP contribution in [0.25, 0.3) is 11.5 Å². The molecule has 0 bridgehead atoms. The van der Waals surface area contributed by atoms with Crippen LogP contribution >= 0.6 is 0 Å². The SMILES string of the molecule is COc1cc(OC)cc(C(=O)Nc2nc(C)nc(-c3ccccn3)n2)c1. The highest BCUT2D eigenvalue weighted by molar-refractivity contribution is 6.04. The Labute approximate surface area is 150 Å². The summed E-state index contributed by atoms with van der Waals surface area (Å²) in [4.78, 5) is 29.5. The molecule has 8 nitrogen and oxygen atoms in total. The first-order valence-corrected chi connectivity index (χ1v) is 7.77. The number of nitrogens with zero attached hydrogens (tertiary/aromatic N) is 4. The number of anilines is 1. The van der Waals surface area contributed by atoms with Gasteiger partial charge in [-0.1, -0.05) is 6.07 Å². The molecular formula is C18H17N5O3. The smallest absolute Gasteiger partial charge is 0.258 e. The molecule has 0 unspecified atom stereocenters. The zero-order valence-corrected chi connectivity index (χ0v) is 14.6. The minimum absolute atomic E-state index is 0.143. The van der Waals surface area contributed by atoms with E-state index in [0.717, 1.165) is 0 Å². The van der Waals surface area contributed by atoms with E-state index in [1.165, 1.54) is 14.2 Å². The second-order valence-electron chi connectivity index (χ2n) is 5.30. The maximum absolute atomic E-state index is 12.6. The second kappa shape index (κ2) is 7.56. The minimum Gasteiger partial charge on any atom is -0.497 e. The number of aromatic nitrogens is 4. The third kappa shape index (κ3) is 3.92. The number of nitrogens with one attached hydrogen (secondary N) is 1. The van der Waals surface area contributed by atoms with Crippen LogP contribution in [0, 0.1) is 6.92 Å². The fourth-order valence-corrected chi connectivity index (χ4v) is 2.26. The van der Waals surface area contributed by atoms with E-state index >= 15 is 0 Å². The van der Waals surface area contributed by atoms with Gasteiger partial charge in [-0.3, -0.25) is 15.1 Å². The fourth-order valence-electron chi connectivity index (χ4n) is 2.26. The van der Waals surface area contributed by atoms with E-state index < -0.39 is 0 Å². The Morgan fingerprint density at radius 1 is 1.00 bits per heavy atom. The molecule has 0 fully saturated rings. The molecule has 1 amide bonds. The zero-order chi connectivity index (χ0) is 18.5. The van der Waals surface area contributed by atoms with Crippen LogP contribution in [0.15, 0.2) is 42.6 Å². The highest BCUT2D eigenvalue weighted by atomic mass is 16.5. The van der Waals surface area contributed by atoms with E-state index in [2.05, 4.69) is 25.3 Å². The maximum Gasteiger partial charge on any atom is 0.258 e. The molecule has 0 saturated heterocycles. The van der Waals surface area contributed by atoms with E-state index in [9.17, 15) is 4.79 Å². The van der Waals surface area contributed by atoms with Crippen molar-refractivity contribution in [3.63, 3.8) is 0 Å². The van der Waals surface area contributed by atoms with Gasteiger partial charge in [-0.15, -0.1) is 0 Å². The number of hydrogen-bond donors (Lipinski definition) is 1. The molecule has 2 heterocycles. The summed E-state index contributed by atoms with van der Waals surface area (Å²) in [7, 11) is 3.04.